The minimum absolute atomic E-state index is 0.0397. The van der Waals surface area contributed by atoms with Crippen molar-refractivity contribution in [3.05, 3.63) is 48.5 Å². The second-order valence-electron chi connectivity index (χ2n) is 5.18. The molecule has 4 heteroatoms. The van der Waals surface area contributed by atoms with Gasteiger partial charge in [0.05, 0.1) is 0 Å². The molecule has 2 nitrogen and oxygen atoms in total. The Bertz CT molecular complexity index is 635. The van der Waals surface area contributed by atoms with E-state index in [0.29, 0.717) is 0 Å². The van der Waals surface area contributed by atoms with E-state index in [1.165, 1.54) is 21.6 Å². The van der Waals surface area contributed by atoms with Gasteiger partial charge in [-0.3, -0.25) is 4.79 Å². The molecule has 2 rings (SSSR count). The van der Waals surface area contributed by atoms with Crippen LogP contribution >= 0.6 is 21.8 Å². The number of hydrogen-bond donors (Lipinski definition) is 1. The maximum atomic E-state index is 11.1. The Morgan fingerprint density at radius 2 is 1.67 bits per heavy atom. The van der Waals surface area contributed by atoms with E-state index < -0.39 is 10.0 Å². The molecule has 0 spiro atoms. The summed E-state index contributed by atoms with van der Waals surface area (Å²) in [5.74, 6) is -0.0397. The largest absolute Gasteiger partial charge is 0.326 e. The van der Waals surface area contributed by atoms with Crippen LogP contribution in [0.3, 0.4) is 0 Å². The molecular weight excluding hydrogens is 298 g/mol. The van der Waals surface area contributed by atoms with E-state index >= 15 is 0 Å². The number of benzene rings is 2. The lowest BCUT2D eigenvalue weighted by Crippen LogP contribution is -2.06. The van der Waals surface area contributed by atoms with Gasteiger partial charge in [0.2, 0.25) is 5.91 Å². The van der Waals surface area contributed by atoms with Gasteiger partial charge < -0.3 is 5.32 Å². The van der Waals surface area contributed by atoms with Gasteiger partial charge in [0.25, 0.3) is 0 Å². The highest BCUT2D eigenvalue weighted by Gasteiger charge is 2.20. The van der Waals surface area contributed by atoms with E-state index in [1.807, 2.05) is 12.1 Å². The summed E-state index contributed by atoms with van der Waals surface area (Å²) in [6.07, 6.45) is 6.75. The van der Waals surface area contributed by atoms with Crippen molar-refractivity contribution in [3.8, 4) is 0 Å². The highest BCUT2D eigenvalue weighted by atomic mass is 32.3. The van der Waals surface area contributed by atoms with E-state index in [0.717, 1.165) is 5.69 Å². The second kappa shape index (κ2) is 6.58. The maximum Gasteiger partial charge on any atom is 0.221 e. The summed E-state index contributed by atoms with van der Waals surface area (Å²) in [7, 11) is -1.06. The van der Waals surface area contributed by atoms with Crippen molar-refractivity contribution in [2.24, 2.45) is 0 Å². The SMILES string of the molecule is CSc1ccccc1S(C)(C)c1ccc(NC(C)=O)cc1. The molecule has 0 aromatic heterocycles. The Balaban J connectivity index is 2.36. The number of carbonyl (C=O) groups is 1. The highest BCUT2D eigenvalue weighted by molar-refractivity contribution is 8.32. The smallest absolute Gasteiger partial charge is 0.221 e. The van der Waals surface area contributed by atoms with Crippen LogP contribution < -0.4 is 5.32 Å². The molecule has 0 radical (unpaired) electrons. The molecule has 112 valence electrons. The van der Waals surface area contributed by atoms with E-state index in [9.17, 15) is 4.79 Å². The van der Waals surface area contributed by atoms with Crippen molar-refractivity contribution in [3.63, 3.8) is 0 Å². The fourth-order valence-electron chi connectivity index (χ4n) is 2.25. The minimum Gasteiger partial charge on any atom is -0.326 e. The molecular formula is C17H21NOS2. The van der Waals surface area contributed by atoms with Crippen molar-refractivity contribution in [2.45, 2.75) is 21.6 Å². The fraction of sp³-hybridized carbons (Fsp3) is 0.235. The number of anilines is 1. The summed E-state index contributed by atoms with van der Waals surface area (Å²) in [4.78, 5) is 15.2. The summed E-state index contributed by atoms with van der Waals surface area (Å²) in [6.45, 7) is 1.53. The van der Waals surface area contributed by atoms with Crippen molar-refractivity contribution in [1.29, 1.82) is 0 Å². The Kier molecular flexibility index (Phi) is 5.01. The van der Waals surface area contributed by atoms with Gasteiger partial charge >= 0.3 is 0 Å². The molecule has 0 unspecified atom stereocenters. The third kappa shape index (κ3) is 3.63. The molecule has 0 aliphatic carbocycles. The van der Waals surface area contributed by atoms with Crippen LogP contribution in [0.4, 0.5) is 5.69 Å². The van der Waals surface area contributed by atoms with Crippen LogP contribution in [0.5, 0.6) is 0 Å². The molecule has 2 aromatic carbocycles. The Morgan fingerprint density at radius 3 is 2.24 bits per heavy atom. The van der Waals surface area contributed by atoms with Gasteiger partial charge in [-0.1, -0.05) is 12.1 Å². The minimum atomic E-state index is -1.06. The predicted molar refractivity (Wildman–Crippen MR) is 94.9 cm³/mol. The van der Waals surface area contributed by atoms with Gasteiger partial charge in [-0.25, -0.2) is 0 Å². The molecule has 0 bridgehead atoms. The zero-order chi connectivity index (χ0) is 15.5. The number of hydrogen-bond acceptors (Lipinski definition) is 2. The van der Waals surface area contributed by atoms with Gasteiger partial charge in [-0.15, -0.1) is 11.8 Å². The molecule has 0 saturated carbocycles. The van der Waals surface area contributed by atoms with Gasteiger partial charge in [0, 0.05) is 22.4 Å². The van der Waals surface area contributed by atoms with E-state index in [2.05, 4.69) is 60.5 Å². The molecule has 1 N–H and O–H groups in total. The van der Waals surface area contributed by atoms with Crippen LogP contribution in [-0.4, -0.2) is 24.7 Å². The molecule has 0 aliphatic rings. The van der Waals surface area contributed by atoms with E-state index in [1.54, 1.807) is 11.8 Å². The standard InChI is InChI=1S/C17H21NOS2/c1-13(19)18-14-9-11-15(12-10-14)21(3,4)17-8-6-5-7-16(17)20-2/h5-12H,1-4H3,(H,18,19). The lowest BCUT2D eigenvalue weighted by atomic mass is 10.3. The monoisotopic (exact) mass is 319 g/mol. The van der Waals surface area contributed by atoms with Gasteiger partial charge in [0.1, 0.15) is 0 Å². The Morgan fingerprint density at radius 1 is 1.05 bits per heavy atom. The highest BCUT2D eigenvalue weighted by Crippen LogP contribution is 2.58. The normalized spacial score (nSPS) is 12.0. The van der Waals surface area contributed by atoms with Crippen molar-refractivity contribution < 1.29 is 4.79 Å². The average Bonchev–Trinajstić information content (AvgIpc) is 2.47. The number of carbonyl (C=O) groups excluding carboxylic acids is 1. The quantitative estimate of drug-likeness (QED) is 0.816. The number of amides is 1. The molecule has 2 aromatic rings. The topological polar surface area (TPSA) is 29.1 Å². The first-order chi connectivity index (χ1) is 9.95. The first-order valence-electron chi connectivity index (χ1n) is 6.69. The van der Waals surface area contributed by atoms with Crippen LogP contribution in [0.1, 0.15) is 6.92 Å². The lowest BCUT2D eigenvalue weighted by molar-refractivity contribution is -0.114. The molecule has 0 heterocycles. The third-order valence-electron chi connectivity index (χ3n) is 3.38. The summed E-state index contributed by atoms with van der Waals surface area (Å²) in [5.41, 5.74) is 0.847. The molecule has 0 aliphatic heterocycles. The zero-order valence-corrected chi connectivity index (χ0v) is 14.5. The van der Waals surface area contributed by atoms with Gasteiger partial charge in [0.15, 0.2) is 0 Å². The molecule has 1 amide bonds. The van der Waals surface area contributed by atoms with Crippen molar-refractivity contribution in [1.82, 2.24) is 0 Å². The Labute approximate surface area is 132 Å². The van der Waals surface area contributed by atoms with Gasteiger partial charge in [-0.2, -0.15) is 10.0 Å². The summed E-state index contributed by atoms with van der Waals surface area (Å²) >= 11 is 1.79. The fourth-order valence-corrected chi connectivity index (χ4v) is 5.67. The molecule has 0 saturated heterocycles. The molecule has 21 heavy (non-hydrogen) atoms. The van der Waals surface area contributed by atoms with Crippen LogP contribution in [0.25, 0.3) is 0 Å². The zero-order valence-electron chi connectivity index (χ0n) is 12.8. The first kappa shape index (κ1) is 16.0. The van der Waals surface area contributed by atoms with Crippen LogP contribution in [0, 0.1) is 0 Å². The number of thioether (sulfide) groups is 1. The predicted octanol–water partition coefficient (Wildman–Crippen LogP) is 4.85. The number of nitrogens with one attached hydrogen (secondary N) is 1. The summed E-state index contributed by atoms with van der Waals surface area (Å²) in [6, 6.07) is 16.8. The maximum absolute atomic E-state index is 11.1. The summed E-state index contributed by atoms with van der Waals surface area (Å²) in [5, 5.41) is 2.81. The van der Waals surface area contributed by atoms with E-state index in [4.69, 9.17) is 0 Å². The molecule has 0 fully saturated rings. The molecule has 0 atom stereocenters. The van der Waals surface area contributed by atoms with Crippen molar-refractivity contribution >= 4 is 33.4 Å². The average molecular weight is 319 g/mol. The van der Waals surface area contributed by atoms with Crippen molar-refractivity contribution in [2.75, 3.05) is 24.1 Å². The van der Waals surface area contributed by atoms with Crippen LogP contribution in [0.15, 0.2) is 63.2 Å². The van der Waals surface area contributed by atoms with E-state index in [-0.39, 0.29) is 5.91 Å². The number of rotatable bonds is 4. The Hall–Kier alpha value is -1.39. The van der Waals surface area contributed by atoms with Crippen LogP contribution in [-0.2, 0) is 4.79 Å². The third-order valence-corrected chi connectivity index (χ3v) is 7.21. The van der Waals surface area contributed by atoms with Crippen LogP contribution in [0.2, 0.25) is 0 Å². The lowest BCUT2D eigenvalue weighted by Gasteiger charge is -2.34. The first-order valence-corrected chi connectivity index (χ1v) is 10.4. The second-order valence-corrected chi connectivity index (χ2v) is 9.60. The van der Waals surface area contributed by atoms with Gasteiger partial charge in [-0.05, 0) is 60.1 Å². The summed E-state index contributed by atoms with van der Waals surface area (Å²) < 4.78 is 0.